The number of sulfonamides is 1. The van der Waals surface area contributed by atoms with Crippen molar-refractivity contribution in [1.29, 1.82) is 0 Å². The highest BCUT2D eigenvalue weighted by atomic mass is 32.2. The van der Waals surface area contributed by atoms with Crippen molar-refractivity contribution in [2.45, 2.75) is 24.3 Å². The van der Waals surface area contributed by atoms with Gasteiger partial charge in [0.25, 0.3) is 0 Å². The lowest BCUT2D eigenvalue weighted by atomic mass is 10.3. The Kier molecular flexibility index (Phi) is 5.64. The fraction of sp³-hybridized carbons (Fsp3) is 0.500. The normalized spacial score (nSPS) is 13.7. The molecule has 0 aliphatic rings. The Morgan fingerprint density at radius 3 is 2.63 bits per heavy atom. The van der Waals surface area contributed by atoms with E-state index in [1.54, 1.807) is 11.8 Å². The first-order chi connectivity index (χ1) is 8.84. The van der Waals surface area contributed by atoms with Gasteiger partial charge in [0.1, 0.15) is 10.7 Å². The molecule has 0 saturated carbocycles. The zero-order valence-corrected chi connectivity index (χ0v) is 12.9. The predicted octanol–water partition coefficient (Wildman–Crippen LogP) is 2.17. The molecule has 1 rings (SSSR count). The fourth-order valence-electron chi connectivity index (χ4n) is 1.74. The maximum Gasteiger partial charge on any atom is 0.246 e. The third-order valence-electron chi connectivity index (χ3n) is 2.96. The number of benzene rings is 1. The summed E-state index contributed by atoms with van der Waals surface area (Å²) in [6.45, 7) is 1.91. The second-order valence-electron chi connectivity index (χ2n) is 4.23. The average Bonchev–Trinajstić information content (AvgIpc) is 2.37. The molecular weight excluding hydrogens is 287 g/mol. The third kappa shape index (κ3) is 3.61. The monoisotopic (exact) mass is 306 g/mol. The highest BCUT2D eigenvalue weighted by Gasteiger charge is 2.29. The Morgan fingerprint density at radius 1 is 1.47 bits per heavy atom. The lowest BCUT2D eigenvalue weighted by Gasteiger charge is -2.26. The van der Waals surface area contributed by atoms with E-state index in [0.29, 0.717) is 12.2 Å². The molecular formula is C12H19FN2O2S2. The van der Waals surface area contributed by atoms with E-state index in [4.69, 9.17) is 5.73 Å². The van der Waals surface area contributed by atoms with Gasteiger partial charge in [-0.2, -0.15) is 16.1 Å². The van der Waals surface area contributed by atoms with Gasteiger partial charge in [-0.05, 0) is 30.9 Å². The summed E-state index contributed by atoms with van der Waals surface area (Å²) in [7, 11) is -2.39. The van der Waals surface area contributed by atoms with E-state index in [9.17, 15) is 12.8 Å². The van der Waals surface area contributed by atoms with Crippen LogP contribution in [0, 0.1) is 5.82 Å². The second kappa shape index (κ2) is 6.58. The van der Waals surface area contributed by atoms with Crippen molar-refractivity contribution < 1.29 is 12.8 Å². The molecule has 0 bridgehead atoms. The van der Waals surface area contributed by atoms with Crippen molar-refractivity contribution in [2.75, 3.05) is 24.8 Å². The van der Waals surface area contributed by atoms with Crippen molar-refractivity contribution >= 4 is 27.5 Å². The lowest BCUT2D eigenvalue weighted by Crippen LogP contribution is -2.38. The van der Waals surface area contributed by atoms with Crippen LogP contribution in [0.4, 0.5) is 10.1 Å². The molecule has 0 amide bonds. The quantitative estimate of drug-likeness (QED) is 0.818. The number of rotatable bonds is 6. The van der Waals surface area contributed by atoms with Gasteiger partial charge < -0.3 is 5.73 Å². The van der Waals surface area contributed by atoms with Crippen molar-refractivity contribution in [3.8, 4) is 0 Å². The molecule has 1 unspecified atom stereocenters. The van der Waals surface area contributed by atoms with Crippen molar-refractivity contribution in [1.82, 2.24) is 4.31 Å². The number of hydrogen-bond donors (Lipinski definition) is 1. The molecule has 7 heteroatoms. The summed E-state index contributed by atoms with van der Waals surface area (Å²) >= 11 is 1.56. The summed E-state index contributed by atoms with van der Waals surface area (Å²) in [5.74, 6) is -0.115. The molecule has 0 aliphatic heterocycles. The van der Waals surface area contributed by atoms with Gasteiger partial charge in [-0.1, -0.05) is 6.92 Å². The highest BCUT2D eigenvalue weighted by molar-refractivity contribution is 7.98. The Hall–Kier alpha value is -0.790. The molecule has 19 heavy (non-hydrogen) atoms. The SMILES string of the molecule is CCC(CSC)N(C)S(=O)(=O)c1cc(N)ccc1F. The van der Waals surface area contributed by atoms with E-state index in [2.05, 4.69) is 0 Å². The molecule has 0 aliphatic carbocycles. The summed E-state index contributed by atoms with van der Waals surface area (Å²) in [6, 6.07) is 3.41. The Morgan fingerprint density at radius 2 is 2.11 bits per heavy atom. The maximum absolute atomic E-state index is 13.7. The summed E-state index contributed by atoms with van der Waals surface area (Å²) < 4.78 is 39.7. The lowest BCUT2D eigenvalue weighted by molar-refractivity contribution is 0.383. The first kappa shape index (κ1) is 16.3. The number of thioether (sulfide) groups is 1. The number of nitrogen functional groups attached to an aromatic ring is 1. The van der Waals surface area contributed by atoms with Gasteiger partial charge in [0.15, 0.2) is 0 Å². The molecule has 1 aromatic rings. The van der Waals surface area contributed by atoms with Crippen molar-refractivity contribution in [2.24, 2.45) is 0 Å². The molecule has 0 heterocycles. The van der Waals surface area contributed by atoms with Crippen LogP contribution in [0.1, 0.15) is 13.3 Å². The van der Waals surface area contributed by atoms with Crippen LogP contribution in [0.2, 0.25) is 0 Å². The fourth-order valence-corrected chi connectivity index (χ4v) is 4.21. The van der Waals surface area contributed by atoms with Gasteiger partial charge in [-0.15, -0.1) is 0 Å². The molecule has 1 aromatic carbocycles. The van der Waals surface area contributed by atoms with E-state index in [1.165, 1.54) is 17.4 Å². The average molecular weight is 306 g/mol. The standard InChI is InChI=1S/C12H19FN2O2S2/c1-4-10(8-18-3)15(2)19(16,17)12-7-9(14)5-6-11(12)13/h5-7,10H,4,8,14H2,1-3H3. The van der Waals surface area contributed by atoms with Crippen LogP contribution < -0.4 is 5.73 Å². The topological polar surface area (TPSA) is 63.4 Å². The zero-order chi connectivity index (χ0) is 14.6. The molecule has 0 fully saturated rings. The smallest absolute Gasteiger partial charge is 0.246 e. The van der Waals surface area contributed by atoms with E-state index in [1.807, 2.05) is 13.2 Å². The van der Waals surface area contributed by atoms with E-state index in [0.717, 1.165) is 12.1 Å². The molecule has 0 aromatic heterocycles. The van der Waals surface area contributed by atoms with E-state index in [-0.39, 0.29) is 16.6 Å². The predicted molar refractivity (Wildman–Crippen MR) is 78.2 cm³/mol. The summed E-state index contributed by atoms with van der Waals surface area (Å²) in [4.78, 5) is -0.366. The van der Waals surface area contributed by atoms with Gasteiger partial charge >= 0.3 is 0 Å². The molecule has 4 nitrogen and oxygen atoms in total. The molecule has 0 radical (unpaired) electrons. The third-order valence-corrected chi connectivity index (χ3v) is 5.60. The Labute approximate surface area is 118 Å². The summed E-state index contributed by atoms with van der Waals surface area (Å²) in [6.07, 6.45) is 2.57. The minimum absolute atomic E-state index is 0.166. The van der Waals surface area contributed by atoms with Gasteiger partial charge in [0, 0.05) is 24.5 Å². The van der Waals surface area contributed by atoms with Gasteiger partial charge in [0.05, 0.1) is 0 Å². The van der Waals surface area contributed by atoms with Gasteiger partial charge in [-0.25, -0.2) is 12.8 Å². The second-order valence-corrected chi connectivity index (χ2v) is 7.11. The Balaban J connectivity index is 3.19. The van der Waals surface area contributed by atoms with Crippen LogP contribution in [-0.2, 0) is 10.0 Å². The van der Waals surface area contributed by atoms with Crippen LogP contribution in [0.25, 0.3) is 0 Å². The Bertz CT molecular complexity index is 535. The number of anilines is 1. The minimum Gasteiger partial charge on any atom is -0.399 e. The summed E-state index contributed by atoms with van der Waals surface area (Å²) in [5, 5.41) is 0. The largest absolute Gasteiger partial charge is 0.399 e. The number of nitrogens with two attached hydrogens (primary N) is 1. The van der Waals surface area contributed by atoms with E-state index < -0.39 is 15.8 Å². The zero-order valence-electron chi connectivity index (χ0n) is 11.3. The van der Waals surface area contributed by atoms with Crippen LogP contribution in [0.3, 0.4) is 0 Å². The van der Waals surface area contributed by atoms with Crippen LogP contribution in [0.5, 0.6) is 0 Å². The van der Waals surface area contributed by atoms with Gasteiger partial charge in [0.2, 0.25) is 10.0 Å². The number of halogens is 1. The maximum atomic E-state index is 13.7. The number of hydrogen-bond acceptors (Lipinski definition) is 4. The minimum atomic E-state index is -3.86. The summed E-state index contributed by atoms with van der Waals surface area (Å²) in [5.41, 5.74) is 5.77. The first-order valence-corrected chi connectivity index (χ1v) is 8.70. The molecule has 0 saturated heterocycles. The molecule has 108 valence electrons. The first-order valence-electron chi connectivity index (χ1n) is 5.86. The number of nitrogens with zero attached hydrogens (tertiary/aromatic N) is 1. The van der Waals surface area contributed by atoms with Crippen LogP contribution in [0.15, 0.2) is 23.1 Å². The molecule has 0 spiro atoms. The molecule has 1 atom stereocenters. The van der Waals surface area contributed by atoms with Gasteiger partial charge in [-0.3, -0.25) is 0 Å². The van der Waals surface area contributed by atoms with Crippen LogP contribution >= 0.6 is 11.8 Å². The highest BCUT2D eigenvalue weighted by Crippen LogP contribution is 2.24. The van der Waals surface area contributed by atoms with Crippen molar-refractivity contribution in [3.63, 3.8) is 0 Å². The van der Waals surface area contributed by atoms with Crippen molar-refractivity contribution in [3.05, 3.63) is 24.0 Å². The van der Waals surface area contributed by atoms with Crippen LogP contribution in [-0.4, -0.2) is 37.8 Å². The van der Waals surface area contributed by atoms with E-state index >= 15 is 0 Å². The molecule has 2 N–H and O–H groups in total.